The number of β-amino-alcohol motifs (C(OH)–C–C–N with tert-alkyl or cyclic N) is 1. The smallest absolute Gasteiger partial charge is 0.337 e. The van der Waals surface area contributed by atoms with Gasteiger partial charge in [0.05, 0.1) is 37.8 Å². The Kier molecular flexibility index (Phi) is 6.90. The number of amides is 1. The van der Waals surface area contributed by atoms with E-state index in [0.717, 1.165) is 0 Å². The number of sulfonamides is 1. The third-order valence-corrected chi connectivity index (χ3v) is 5.85. The van der Waals surface area contributed by atoms with Crippen molar-refractivity contribution in [2.45, 2.75) is 4.90 Å². The number of anilines is 2. The number of methoxy groups -OCH3 is 2. The fourth-order valence-electron chi connectivity index (χ4n) is 2.89. The van der Waals surface area contributed by atoms with Crippen molar-refractivity contribution in [3.8, 4) is 5.88 Å². The maximum absolute atomic E-state index is 12.6. The fraction of sp³-hybridized carbons (Fsp3) is 0.263. The fourth-order valence-corrected chi connectivity index (χ4v) is 3.89. The average Bonchev–Trinajstić information content (AvgIpc) is 3.09. The summed E-state index contributed by atoms with van der Waals surface area (Å²) in [6.07, 6.45) is 0. The highest BCUT2D eigenvalue weighted by molar-refractivity contribution is 7.92. The molecule has 0 unspecified atom stereocenters. The molecule has 2 aromatic rings. The Hall–Kier alpha value is -3.71. The topological polar surface area (TPSA) is 160 Å². The summed E-state index contributed by atoms with van der Waals surface area (Å²) in [7, 11) is -1.33. The lowest BCUT2D eigenvalue weighted by Crippen LogP contribution is -2.31. The molecule has 2 heterocycles. The normalized spacial score (nSPS) is 13.8. The van der Waals surface area contributed by atoms with Crippen LogP contribution >= 0.6 is 0 Å². The van der Waals surface area contributed by atoms with Crippen molar-refractivity contribution in [3.05, 3.63) is 47.7 Å². The predicted molar refractivity (Wildman–Crippen MR) is 112 cm³/mol. The molecule has 1 amide bonds. The largest absolute Gasteiger partial charge is 0.480 e. The van der Waals surface area contributed by atoms with Crippen LogP contribution in [-0.2, 0) is 24.3 Å². The quantitative estimate of drug-likeness (QED) is 0.431. The number of aliphatic hydroxyl groups is 1. The number of ether oxygens (including phenoxy) is 2. The lowest BCUT2D eigenvalue weighted by molar-refractivity contribution is -0.136. The van der Waals surface area contributed by atoms with E-state index in [1.54, 1.807) is 0 Å². The molecule has 1 aliphatic heterocycles. The first-order chi connectivity index (χ1) is 15.3. The van der Waals surface area contributed by atoms with Gasteiger partial charge in [0, 0.05) is 18.3 Å². The molecule has 0 fully saturated rings. The molecule has 13 heteroatoms. The number of nitrogens with one attached hydrogen (secondary N) is 2. The van der Waals surface area contributed by atoms with Crippen molar-refractivity contribution in [3.63, 3.8) is 0 Å². The summed E-state index contributed by atoms with van der Waals surface area (Å²) < 4.78 is 37.1. The Labute approximate surface area is 183 Å². The van der Waals surface area contributed by atoms with Gasteiger partial charge in [-0.3, -0.25) is 9.52 Å². The van der Waals surface area contributed by atoms with Crippen LogP contribution in [0.5, 0.6) is 5.88 Å². The van der Waals surface area contributed by atoms with Crippen molar-refractivity contribution in [2.24, 2.45) is 0 Å². The SMILES string of the molecule is COC(=O)C1=C(Nc2ccc(S(=O)(=O)Nc3ccc(OC)nn3)cc2)C(=O)N(CCO)C1. The van der Waals surface area contributed by atoms with E-state index in [2.05, 4.69) is 20.2 Å². The average molecular weight is 463 g/mol. The van der Waals surface area contributed by atoms with E-state index in [1.807, 2.05) is 0 Å². The van der Waals surface area contributed by atoms with E-state index >= 15 is 0 Å². The van der Waals surface area contributed by atoms with Crippen molar-refractivity contribution in [1.29, 1.82) is 0 Å². The third kappa shape index (κ3) is 4.95. The van der Waals surface area contributed by atoms with E-state index in [0.29, 0.717) is 5.69 Å². The molecule has 12 nitrogen and oxygen atoms in total. The summed E-state index contributed by atoms with van der Waals surface area (Å²) in [4.78, 5) is 25.9. The highest BCUT2D eigenvalue weighted by Gasteiger charge is 2.34. The van der Waals surface area contributed by atoms with Crippen molar-refractivity contribution in [2.75, 3.05) is 44.0 Å². The van der Waals surface area contributed by atoms with Crippen molar-refractivity contribution in [1.82, 2.24) is 15.1 Å². The number of benzene rings is 1. The van der Waals surface area contributed by atoms with E-state index in [-0.39, 0.29) is 47.6 Å². The molecule has 3 rings (SSSR count). The number of aliphatic hydroxyl groups excluding tert-OH is 1. The molecule has 0 aliphatic carbocycles. The monoisotopic (exact) mass is 463 g/mol. The van der Waals surface area contributed by atoms with Crippen LogP contribution in [0.25, 0.3) is 0 Å². The summed E-state index contributed by atoms with van der Waals surface area (Å²) in [6.45, 7) is -0.207. The zero-order valence-electron chi connectivity index (χ0n) is 17.2. The number of rotatable bonds is 9. The van der Waals surface area contributed by atoms with Gasteiger partial charge in [0.2, 0.25) is 5.88 Å². The molecule has 1 aromatic heterocycles. The van der Waals surface area contributed by atoms with Gasteiger partial charge in [-0.25, -0.2) is 13.2 Å². The van der Waals surface area contributed by atoms with Gasteiger partial charge in [-0.2, -0.15) is 0 Å². The zero-order valence-corrected chi connectivity index (χ0v) is 18.0. The number of aromatic nitrogens is 2. The molecular formula is C19H21N5O7S. The predicted octanol–water partition coefficient (Wildman–Crippen LogP) is -0.0405. The highest BCUT2D eigenvalue weighted by atomic mass is 32.2. The Balaban J connectivity index is 1.78. The van der Waals surface area contributed by atoms with Crippen LogP contribution < -0.4 is 14.8 Å². The summed E-state index contributed by atoms with van der Waals surface area (Å²) in [5.74, 6) is -0.898. The van der Waals surface area contributed by atoms with E-state index in [1.165, 1.54) is 55.5 Å². The van der Waals surface area contributed by atoms with Gasteiger partial charge < -0.3 is 24.8 Å². The van der Waals surface area contributed by atoms with Gasteiger partial charge in [-0.05, 0) is 30.3 Å². The maximum atomic E-state index is 12.6. The number of hydrogen-bond donors (Lipinski definition) is 3. The highest BCUT2D eigenvalue weighted by Crippen LogP contribution is 2.24. The van der Waals surface area contributed by atoms with Gasteiger partial charge in [-0.1, -0.05) is 0 Å². The zero-order chi connectivity index (χ0) is 23.3. The van der Waals surface area contributed by atoms with Crippen LogP contribution in [0.1, 0.15) is 0 Å². The maximum Gasteiger partial charge on any atom is 0.337 e. The van der Waals surface area contributed by atoms with Gasteiger partial charge in [0.25, 0.3) is 15.9 Å². The second-order valence-electron chi connectivity index (χ2n) is 6.51. The lowest BCUT2D eigenvalue weighted by atomic mass is 10.2. The minimum Gasteiger partial charge on any atom is -0.480 e. The van der Waals surface area contributed by atoms with Gasteiger partial charge in [0.1, 0.15) is 5.70 Å². The van der Waals surface area contributed by atoms with Crippen LogP contribution in [-0.4, -0.2) is 74.4 Å². The molecule has 0 spiro atoms. The van der Waals surface area contributed by atoms with Crippen molar-refractivity contribution >= 4 is 33.4 Å². The standard InChI is InChI=1S/C19H21N5O7S/c1-30-16-8-7-15(21-22-16)23-32(28,29)13-5-3-12(4-6-13)20-17-14(19(27)31-2)11-24(9-10-25)18(17)26/h3-8,20,25H,9-11H2,1-2H3,(H,21,23). The molecule has 1 aromatic carbocycles. The minimum atomic E-state index is -3.94. The van der Waals surface area contributed by atoms with E-state index in [9.17, 15) is 18.0 Å². The van der Waals surface area contributed by atoms with Crippen LogP contribution in [0.4, 0.5) is 11.5 Å². The number of hydrogen-bond acceptors (Lipinski definition) is 10. The van der Waals surface area contributed by atoms with Gasteiger partial charge in [-0.15, -0.1) is 10.2 Å². The summed E-state index contributed by atoms with van der Waals surface area (Å²) in [5, 5.41) is 19.4. The van der Waals surface area contributed by atoms with Crippen LogP contribution in [0.3, 0.4) is 0 Å². The Morgan fingerprint density at radius 3 is 2.44 bits per heavy atom. The number of esters is 1. The molecule has 170 valence electrons. The first kappa shape index (κ1) is 23.0. The minimum absolute atomic E-state index is 0.00627. The number of nitrogens with zero attached hydrogens (tertiary/aromatic N) is 3. The third-order valence-electron chi connectivity index (χ3n) is 4.48. The first-order valence-corrected chi connectivity index (χ1v) is 10.8. The molecular weight excluding hydrogens is 442 g/mol. The van der Waals surface area contributed by atoms with Crippen molar-refractivity contribution < 1.29 is 32.6 Å². The molecule has 3 N–H and O–H groups in total. The lowest BCUT2D eigenvalue weighted by Gasteiger charge is -2.15. The van der Waals surface area contributed by atoms with E-state index in [4.69, 9.17) is 14.6 Å². The van der Waals surface area contributed by atoms with Crippen LogP contribution in [0, 0.1) is 0 Å². The van der Waals surface area contributed by atoms with Gasteiger partial charge in [0.15, 0.2) is 5.82 Å². The molecule has 32 heavy (non-hydrogen) atoms. The number of carbonyl (C=O) groups excluding carboxylic acids is 2. The molecule has 1 aliphatic rings. The summed E-state index contributed by atoms with van der Waals surface area (Å²) in [6, 6.07) is 8.40. The Bertz CT molecular complexity index is 1130. The molecule has 0 saturated carbocycles. The molecule has 0 saturated heterocycles. The molecule has 0 atom stereocenters. The second-order valence-corrected chi connectivity index (χ2v) is 8.19. The molecule has 0 bridgehead atoms. The Morgan fingerprint density at radius 1 is 1.16 bits per heavy atom. The van der Waals surface area contributed by atoms with Crippen LogP contribution in [0.15, 0.2) is 52.6 Å². The van der Waals surface area contributed by atoms with E-state index < -0.39 is 21.9 Å². The van der Waals surface area contributed by atoms with Crippen LogP contribution in [0.2, 0.25) is 0 Å². The number of carbonyl (C=O) groups is 2. The summed E-state index contributed by atoms with van der Waals surface area (Å²) >= 11 is 0. The first-order valence-electron chi connectivity index (χ1n) is 9.28. The molecule has 0 radical (unpaired) electrons. The second kappa shape index (κ2) is 9.62. The Morgan fingerprint density at radius 2 is 1.88 bits per heavy atom. The summed E-state index contributed by atoms with van der Waals surface area (Å²) in [5.41, 5.74) is 0.499. The van der Waals surface area contributed by atoms with Gasteiger partial charge >= 0.3 is 5.97 Å².